The second kappa shape index (κ2) is 10.2. The largest absolute Gasteiger partial charge is 0.375 e. The fraction of sp³-hybridized carbons (Fsp3) is 0.609. The van der Waals surface area contributed by atoms with Gasteiger partial charge in [-0.15, -0.1) is 10.2 Å². The Labute approximate surface area is 179 Å². The number of aryl methyl sites for hydroxylation is 2. The molecule has 1 aromatic heterocycles. The Morgan fingerprint density at radius 2 is 1.87 bits per heavy atom. The SMILES string of the molecule is COCC(=O)N[C@@H](CC(C)C)c1nnc2n1CCN(Cc1cc(C)cc(C)c1)CC2. The fourth-order valence-corrected chi connectivity index (χ4v) is 4.29. The van der Waals surface area contributed by atoms with Crippen molar-refractivity contribution in [2.24, 2.45) is 5.92 Å². The quantitative estimate of drug-likeness (QED) is 0.720. The van der Waals surface area contributed by atoms with Crippen LogP contribution in [0.25, 0.3) is 0 Å². The van der Waals surface area contributed by atoms with Gasteiger partial charge in [-0.25, -0.2) is 0 Å². The number of benzene rings is 1. The first kappa shape index (κ1) is 22.4. The van der Waals surface area contributed by atoms with Gasteiger partial charge in [0.2, 0.25) is 5.91 Å². The number of hydrogen-bond acceptors (Lipinski definition) is 5. The Bertz CT molecular complexity index is 841. The molecule has 0 radical (unpaired) electrons. The van der Waals surface area contributed by atoms with Crippen molar-refractivity contribution in [1.82, 2.24) is 25.0 Å². The summed E-state index contributed by atoms with van der Waals surface area (Å²) in [5.41, 5.74) is 3.97. The lowest BCUT2D eigenvalue weighted by atomic mass is 10.0. The van der Waals surface area contributed by atoms with E-state index in [2.05, 4.69) is 70.9 Å². The van der Waals surface area contributed by atoms with E-state index in [1.165, 1.54) is 23.8 Å². The van der Waals surface area contributed by atoms with Crippen molar-refractivity contribution in [2.45, 2.75) is 59.7 Å². The maximum absolute atomic E-state index is 12.2. The van der Waals surface area contributed by atoms with Crippen LogP contribution in [0.2, 0.25) is 0 Å². The Hall–Kier alpha value is -2.25. The molecule has 0 aliphatic carbocycles. The molecule has 1 aliphatic heterocycles. The van der Waals surface area contributed by atoms with Gasteiger partial charge in [-0.2, -0.15) is 0 Å². The highest BCUT2D eigenvalue weighted by atomic mass is 16.5. The van der Waals surface area contributed by atoms with Crippen LogP contribution in [0.3, 0.4) is 0 Å². The van der Waals surface area contributed by atoms with E-state index in [0.717, 1.165) is 50.7 Å². The van der Waals surface area contributed by atoms with Crippen LogP contribution in [-0.2, 0) is 29.0 Å². The molecule has 0 fully saturated rings. The number of ether oxygens (including phenoxy) is 1. The average molecular weight is 414 g/mol. The van der Waals surface area contributed by atoms with Crippen molar-refractivity contribution in [3.8, 4) is 0 Å². The standard InChI is InChI=1S/C23H35N5O2/c1-16(2)10-20(24-22(29)15-30-5)23-26-25-21-6-7-27(8-9-28(21)23)14-19-12-17(3)11-18(4)13-19/h11-13,16,20H,6-10,14-15H2,1-5H3,(H,24,29)/t20-/m0/s1. The molecule has 1 N–H and O–H groups in total. The van der Waals surface area contributed by atoms with Gasteiger partial charge in [0.15, 0.2) is 5.82 Å². The summed E-state index contributed by atoms with van der Waals surface area (Å²) >= 11 is 0. The molecule has 3 rings (SSSR count). The van der Waals surface area contributed by atoms with E-state index in [-0.39, 0.29) is 18.6 Å². The van der Waals surface area contributed by atoms with Crippen molar-refractivity contribution in [3.05, 3.63) is 46.5 Å². The number of hydrogen-bond donors (Lipinski definition) is 1. The summed E-state index contributed by atoms with van der Waals surface area (Å²) < 4.78 is 7.20. The number of carbonyl (C=O) groups excluding carboxylic acids is 1. The van der Waals surface area contributed by atoms with Crippen LogP contribution in [0, 0.1) is 19.8 Å². The predicted octanol–water partition coefficient (Wildman–Crippen LogP) is 2.80. The summed E-state index contributed by atoms with van der Waals surface area (Å²) in [7, 11) is 1.53. The molecule has 0 spiro atoms. The molecule has 30 heavy (non-hydrogen) atoms. The van der Waals surface area contributed by atoms with E-state index in [1.807, 2.05) is 0 Å². The highest BCUT2D eigenvalue weighted by Crippen LogP contribution is 2.23. The molecule has 7 heteroatoms. The Morgan fingerprint density at radius 3 is 2.53 bits per heavy atom. The molecule has 0 unspecified atom stereocenters. The molecular weight excluding hydrogens is 378 g/mol. The molecule has 0 saturated carbocycles. The second-order valence-electron chi connectivity index (χ2n) is 8.83. The molecule has 1 aromatic carbocycles. The summed E-state index contributed by atoms with van der Waals surface area (Å²) in [5.74, 6) is 2.17. The first-order valence-corrected chi connectivity index (χ1v) is 10.9. The normalized spacial score (nSPS) is 15.7. The first-order valence-electron chi connectivity index (χ1n) is 10.9. The Balaban J connectivity index is 1.73. The summed E-state index contributed by atoms with van der Waals surface area (Å²) in [6.07, 6.45) is 1.68. The minimum atomic E-state index is -0.153. The number of nitrogens with zero attached hydrogens (tertiary/aromatic N) is 4. The van der Waals surface area contributed by atoms with Crippen LogP contribution < -0.4 is 5.32 Å². The van der Waals surface area contributed by atoms with Crippen LogP contribution in [0.1, 0.15) is 54.6 Å². The van der Waals surface area contributed by atoms with Gasteiger partial charge in [0.25, 0.3) is 0 Å². The molecule has 2 aromatic rings. The van der Waals surface area contributed by atoms with Gasteiger partial charge < -0.3 is 14.6 Å². The van der Waals surface area contributed by atoms with Gasteiger partial charge in [-0.1, -0.05) is 43.2 Å². The van der Waals surface area contributed by atoms with Gasteiger partial charge >= 0.3 is 0 Å². The summed E-state index contributed by atoms with van der Waals surface area (Å²) in [6.45, 7) is 12.3. The number of carbonyl (C=O) groups is 1. The third-order valence-corrected chi connectivity index (χ3v) is 5.46. The molecule has 2 heterocycles. The van der Waals surface area contributed by atoms with Gasteiger partial charge in [-0.05, 0) is 31.7 Å². The third-order valence-electron chi connectivity index (χ3n) is 5.46. The zero-order valence-electron chi connectivity index (χ0n) is 18.9. The minimum Gasteiger partial charge on any atom is -0.375 e. The molecule has 1 atom stereocenters. The maximum Gasteiger partial charge on any atom is 0.246 e. The first-order chi connectivity index (χ1) is 14.4. The van der Waals surface area contributed by atoms with Crippen LogP contribution in [-0.4, -0.2) is 52.4 Å². The molecule has 1 amide bonds. The van der Waals surface area contributed by atoms with Crippen LogP contribution in [0.5, 0.6) is 0 Å². The molecule has 0 bridgehead atoms. The van der Waals surface area contributed by atoms with Crippen LogP contribution in [0.4, 0.5) is 0 Å². The highest BCUT2D eigenvalue weighted by molar-refractivity contribution is 5.77. The highest BCUT2D eigenvalue weighted by Gasteiger charge is 2.26. The summed E-state index contributed by atoms with van der Waals surface area (Å²) in [5, 5.41) is 12.0. The molecule has 164 valence electrons. The van der Waals surface area contributed by atoms with Gasteiger partial charge in [-0.3, -0.25) is 9.69 Å². The number of fused-ring (bicyclic) bond motifs is 1. The monoisotopic (exact) mass is 413 g/mol. The zero-order chi connectivity index (χ0) is 21.7. The fourth-order valence-electron chi connectivity index (χ4n) is 4.29. The summed E-state index contributed by atoms with van der Waals surface area (Å²) in [4.78, 5) is 14.7. The van der Waals surface area contributed by atoms with E-state index in [4.69, 9.17) is 4.74 Å². The average Bonchev–Trinajstić information content (AvgIpc) is 2.95. The third kappa shape index (κ3) is 5.89. The Morgan fingerprint density at radius 1 is 1.13 bits per heavy atom. The zero-order valence-corrected chi connectivity index (χ0v) is 18.9. The van der Waals surface area contributed by atoms with Gasteiger partial charge in [0, 0.05) is 39.7 Å². The number of aromatic nitrogens is 3. The van der Waals surface area contributed by atoms with Crippen molar-refractivity contribution < 1.29 is 9.53 Å². The van der Waals surface area contributed by atoms with E-state index < -0.39 is 0 Å². The molecule has 7 nitrogen and oxygen atoms in total. The van der Waals surface area contributed by atoms with Crippen molar-refractivity contribution >= 4 is 5.91 Å². The second-order valence-corrected chi connectivity index (χ2v) is 8.83. The number of rotatable bonds is 8. The van der Waals surface area contributed by atoms with Crippen LogP contribution >= 0.6 is 0 Å². The van der Waals surface area contributed by atoms with Gasteiger partial charge in [0.05, 0.1) is 6.04 Å². The summed E-state index contributed by atoms with van der Waals surface area (Å²) in [6, 6.07) is 6.60. The van der Waals surface area contributed by atoms with Crippen molar-refractivity contribution in [3.63, 3.8) is 0 Å². The van der Waals surface area contributed by atoms with E-state index in [9.17, 15) is 4.79 Å². The van der Waals surface area contributed by atoms with E-state index in [1.54, 1.807) is 0 Å². The number of nitrogens with one attached hydrogen (secondary N) is 1. The molecular formula is C23H35N5O2. The molecule has 0 saturated heterocycles. The predicted molar refractivity (Wildman–Crippen MR) is 117 cm³/mol. The smallest absolute Gasteiger partial charge is 0.246 e. The lowest BCUT2D eigenvalue weighted by Crippen LogP contribution is -2.34. The van der Waals surface area contributed by atoms with E-state index in [0.29, 0.717) is 5.92 Å². The number of amides is 1. The number of methoxy groups -OCH3 is 1. The lowest BCUT2D eigenvalue weighted by molar-refractivity contribution is -0.125. The van der Waals surface area contributed by atoms with Crippen molar-refractivity contribution in [2.75, 3.05) is 26.8 Å². The topological polar surface area (TPSA) is 72.3 Å². The Kier molecular flexibility index (Phi) is 7.61. The van der Waals surface area contributed by atoms with Gasteiger partial charge in [0.1, 0.15) is 12.4 Å². The lowest BCUT2D eigenvalue weighted by Gasteiger charge is -2.22. The van der Waals surface area contributed by atoms with Crippen LogP contribution in [0.15, 0.2) is 18.2 Å². The maximum atomic E-state index is 12.2. The molecule has 1 aliphatic rings. The minimum absolute atomic E-state index is 0.0548. The van der Waals surface area contributed by atoms with E-state index >= 15 is 0 Å². The van der Waals surface area contributed by atoms with Crippen molar-refractivity contribution in [1.29, 1.82) is 0 Å².